The Morgan fingerprint density at radius 2 is 1.95 bits per heavy atom. The number of halogens is 1. The van der Waals surface area contributed by atoms with Gasteiger partial charge in [-0.05, 0) is 48.8 Å². The number of hydrogen-bond acceptors (Lipinski definition) is 3. The normalized spacial score (nSPS) is 15.1. The lowest BCUT2D eigenvalue weighted by Crippen LogP contribution is -2.42. The van der Waals surface area contributed by atoms with Crippen LogP contribution in [0.15, 0.2) is 22.7 Å². The van der Waals surface area contributed by atoms with E-state index in [1.54, 1.807) is 17.0 Å². The van der Waals surface area contributed by atoms with Crippen molar-refractivity contribution in [2.24, 2.45) is 0 Å². The molecule has 4 nitrogen and oxygen atoms in total. The quantitative estimate of drug-likeness (QED) is 0.868. The zero-order chi connectivity index (χ0) is 14.2. The van der Waals surface area contributed by atoms with Crippen molar-refractivity contribution in [1.29, 1.82) is 0 Å². The molecule has 0 bridgehead atoms. The Bertz CT molecular complexity index is 535. The van der Waals surface area contributed by atoms with Crippen LogP contribution >= 0.6 is 15.9 Å². The van der Waals surface area contributed by atoms with Crippen LogP contribution in [0, 0.1) is 0 Å². The summed E-state index contributed by atoms with van der Waals surface area (Å²) in [5, 5.41) is 3.31. The first-order valence-corrected chi connectivity index (χ1v) is 7.00. The average molecular weight is 325 g/mol. The first kappa shape index (κ1) is 14.2. The first-order valence-electron chi connectivity index (χ1n) is 6.21. The van der Waals surface area contributed by atoms with E-state index in [-0.39, 0.29) is 5.54 Å². The number of benzene rings is 1. The van der Waals surface area contributed by atoms with E-state index in [1.807, 2.05) is 6.07 Å². The minimum absolute atomic E-state index is 0.00706. The maximum Gasteiger partial charge on any atom is 0.299 e. The first-order chi connectivity index (χ1) is 8.81. The zero-order valence-corrected chi connectivity index (χ0v) is 12.9. The molecule has 19 heavy (non-hydrogen) atoms. The Balaban J connectivity index is 2.18. The van der Waals surface area contributed by atoms with Gasteiger partial charge in [0.2, 0.25) is 0 Å². The van der Waals surface area contributed by atoms with Crippen molar-refractivity contribution < 1.29 is 9.59 Å². The van der Waals surface area contributed by atoms with Gasteiger partial charge in [-0.15, -0.1) is 0 Å². The highest BCUT2D eigenvalue weighted by Crippen LogP contribution is 2.33. The second-order valence-corrected chi connectivity index (χ2v) is 6.45. The molecule has 0 saturated carbocycles. The van der Waals surface area contributed by atoms with Crippen molar-refractivity contribution >= 4 is 33.3 Å². The number of anilines is 1. The van der Waals surface area contributed by atoms with Gasteiger partial charge in [-0.2, -0.15) is 0 Å². The van der Waals surface area contributed by atoms with Crippen LogP contribution in [0.1, 0.15) is 31.1 Å². The number of fused-ring (bicyclic) bond motifs is 1. The number of rotatable bonds is 3. The Kier molecular flexibility index (Phi) is 3.78. The Hall–Kier alpha value is -1.20. The van der Waals surface area contributed by atoms with E-state index in [9.17, 15) is 9.59 Å². The van der Waals surface area contributed by atoms with Gasteiger partial charge in [0.25, 0.3) is 11.7 Å². The Morgan fingerprint density at radius 3 is 2.58 bits per heavy atom. The lowest BCUT2D eigenvalue weighted by molar-refractivity contribution is -0.114. The molecule has 0 atom stereocenters. The largest absolute Gasteiger partial charge is 0.310 e. The molecular formula is C14H17BrN2O2. The molecule has 1 aliphatic rings. The molecule has 0 aromatic heterocycles. The molecule has 1 heterocycles. The van der Waals surface area contributed by atoms with Crippen molar-refractivity contribution in [3.63, 3.8) is 0 Å². The zero-order valence-electron chi connectivity index (χ0n) is 11.3. The van der Waals surface area contributed by atoms with Crippen LogP contribution in [0.4, 0.5) is 5.69 Å². The number of carbonyl (C=O) groups is 2. The minimum Gasteiger partial charge on any atom is -0.310 e. The van der Waals surface area contributed by atoms with Crippen LogP contribution in [-0.2, 0) is 4.79 Å². The summed E-state index contributed by atoms with van der Waals surface area (Å²) in [5.74, 6) is -0.879. The van der Waals surface area contributed by atoms with E-state index in [2.05, 4.69) is 42.0 Å². The smallest absolute Gasteiger partial charge is 0.299 e. The molecule has 0 saturated heterocycles. The molecule has 1 N–H and O–H groups in total. The molecule has 1 aromatic carbocycles. The topological polar surface area (TPSA) is 49.4 Å². The van der Waals surface area contributed by atoms with E-state index in [1.165, 1.54) is 0 Å². The third-order valence-corrected chi connectivity index (χ3v) is 3.60. The van der Waals surface area contributed by atoms with Gasteiger partial charge in [-0.3, -0.25) is 9.59 Å². The van der Waals surface area contributed by atoms with Gasteiger partial charge in [0, 0.05) is 23.1 Å². The van der Waals surface area contributed by atoms with E-state index in [4.69, 9.17) is 0 Å². The molecule has 0 fully saturated rings. The lowest BCUT2D eigenvalue weighted by Gasteiger charge is -2.23. The van der Waals surface area contributed by atoms with E-state index in [0.717, 1.165) is 0 Å². The van der Waals surface area contributed by atoms with E-state index >= 15 is 0 Å². The molecule has 1 aliphatic heterocycles. The molecule has 1 aromatic rings. The second-order valence-electron chi connectivity index (χ2n) is 5.60. The van der Waals surface area contributed by atoms with Gasteiger partial charge in [0.05, 0.1) is 11.3 Å². The average Bonchev–Trinajstić information content (AvgIpc) is 2.54. The third-order valence-electron chi connectivity index (χ3n) is 2.94. The van der Waals surface area contributed by atoms with Gasteiger partial charge in [0.1, 0.15) is 0 Å². The van der Waals surface area contributed by atoms with Gasteiger partial charge < -0.3 is 10.2 Å². The molecule has 0 spiro atoms. The molecule has 2 rings (SSSR count). The standard InChI is InChI=1S/C14H17BrN2O2/c1-14(2,3)16-7-8-17-10-6-4-5-9(15)11(10)12(18)13(17)19/h4-6,16H,7-8H2,1-3H3. The lowest BCUT2D eigenvalue weighted by atomic mass is 10.1. The summed E-state index contributed by atoms with van der Waals surface area (Å²) >= 11 is 3.33. The number of nitrogens with zero attached hydrogens (tertiary/aromatic N) is 1. The SMILES string of the molecule is CC(C)(C)NCCN1C(=O)C(=O)c2c(Br)cccc21. The van der Waals surface area contributed by atoms with Gasteiger partial charge in [0.15, 0.2) is 0 Å². The number of ketones is 1. The minimum atomic E-state index is -0.447. The van der Waals surface area contributed by atoms with Gasteiger partial charge >= 0.3 is 0 Å². The predicted octanol–water partition coefficient (Wildman–Crippen LogP) is 2.37. The van der Waals surface area contributed by atoms with Crippen LogP contribution < -0.4 is 10.2 Å². The Labute approximate surface area is 121 Å². The summed E-state index contributed by atoms with van der Waals surface area (Å²) in [7, 11) is 0. The highest BCUT2D eigenvalue weighted by atomic mass is 79.9. The van der Waals surface area contributed by atoms with Crippen LogP contribution in [-0.4, -0.2) is 30.3 Å². The second kappa shape index (κ2) is 5.06. The fraction of sp³-hybridized carbons (Fsp3) is 0.429. The van der Waals surface area contributed by atoms with Crippen molar-refractivity contribution in [2.75, 3.05) is 18.0 Å². The molecule has 102 valence electrons. The fourth-order valence-corrected chi connectivity index (χ4v) is 2.60. The van der Waals surface area contributed by atoms with Crippen molar-refractivity contribution in [3.8, 4) is 0 Å². The van der Waals surface area contributed by atoms with Crippen LogP contribution in [0.2, 0.25) is 0 Å². The summed E-state index contributed by atoms with van der Waals surface area (Å²) in [6.07, 6.45) is 0. The summed E-state index contributed by atoms with van der Waals surface area (Å²) in [6.45, 7) is 7.33. The third kappa shape index (κ3) is 2.87. The fourth-order valence-electron chi connectivity index (χ4n) is 2.07. The van der Waals surface area contributed by atoms with Gasteiger partial charge in [-0.25, -0.2) is 0 Å². The van der Waals surface area contributed by atoms with Gasteiger partial charge in [-0.1, -0.05) is 6.07 Å². The maximum absolute atomic E-state index is 12.0. The van der Waals surface area contributed by atoms with E-state index < -0.39 is 11.7 Å². The molecular weight excluding hydrogens is 308 g/mol. The highest BCUT2D eigenvalue weighted by Gasteiger charge is 2.36. The summed E-state index contributed by atoms with van der Waals surface area (Å²) in [4.78, 5) is 25.5. The number of nitrogens with one attached hydrogen (secondary N) is 1. The van der Waals surface area contributed by atoms with Crippen LogP contribution in [0.5, 0.6) is 0 Å². The number of amides is 1. The number of hydrogen-bond donors (Lipinski definition) is 1. The maximum atomic E-state index is 12.0. The van der Waals surface area contributed by atoms with E-state index in [0.29, 0.717) is 28.8 Å². The number of carbonyl (C=O) groups excluding carboxylic acids is 2. The summed E-state index contributed by atoms with van der Waals surface area (Å²) in [6, 6.07) is 5.42. The molecule has 0 radical (unpaired) electrons. The summed E-state index contributed by atoms with van der Waals surface area (Å²) < 4.78 is 0.676. The van der Waals surface area contributed by atoms with Crippen LogP contribution in [0.3, 0.4) is 0 Å². The van der Waals surface area contributed by atoms with Crippen molar-refractivity contribution in [3.05, 3.63) is 28.2 Å². The molecule has 1 amide bonds. The van der Waals surface area contributed by atoms with Crippen molar-refractivity contribution in [1.82, 2.24) is 5.32 Å². The molecule has 0 aliphatic carbocycles. The number of Topliss-reactive ketones (excluding diaryl/α,β-unsaturated/α-hetero) is 1. The van der Waals surface area contributed by atoms with Crippen molar-refractivity contribution in [2.45, 2.75) is 26.3 Å². The van der Waals surface area contributed by atoms with Crippen LogP contribution in [0.25, 0.3) is 0 Å². The monoisotopic (exact) mass is 324 g/mol. The Morgan fingerprint density at radius 1 is 1.26 bits per heavy atom. The predicted molar refractivity (Wildman–Crippen MR) is 78.6 cm³/mol. The summed E-state index contributed by atoms with van der Waals surface area (Å²) in [5.41, 5.74) is 1.16. The molecule has 5 heteroatoms. The highest BCUT2D eigenvalue weighted by molar-refractivity contribution is 9.10. The molecule has 0 unspecified atom stereocenters.